The van der Waals surface area contributed by atoms with E-state index < -0.39 is 0 Å². The second-order valence-electron chi connectivity index (χ2n) is 7.66. The van der Waals surface area contributed by atoms with Crippen molar-refractivity contribution in [3.05, 3.63) is 94.5 Å². The van der Waals surface area contributed by atoms with Crippen LogP contribution in [0.25, 0.3) is 6.08 Å². The zero-order valence-corrected chi connectivity index (χ0v) is 19.3. The van der Waals surface area contributed by atoms with Gasteiger partial charge in [-0.3, -0.25) is 4.79 Å². The van der Waals surface area contributed by atoms with Crippen molar-refractivity contribution in [3.8, 4) is 11.5 Å². The van der Waals surface area contributed by atoms with Crippen molar-refractivity contribution in [1.29, 1.82) is 0 Å². The minimum Gasteiger partial charge on any atom is -0.496 e. The molecule has 3 aromatic rings. The Morgan fingerprint density at radius 1 is 1.03 bits per heavy atom. The van der Waals surface area contributed by atoms with Gasteiger partial charge in [0.15, 0.2) is 5.78 Å². The van der Waals surface area contributed by atoms with E-state index in [0.29, 0.717) is 17.2 Å². The van der Waals surface area contributed by atoms with Gasteiger partial charge in [0.1, 0.15) is 18.1 Å². The Balaban J connectivity index is 1.41. The molecule has 0 aliphatic carbocycles. The standard InChI is InChI=1S/C27H26ClNO4/c1-31-27-13-3-20(18-22(27)19-33-25-10-6-23(28)7-11-25)2-12-26(30)21-4-8-24(9-5-21)29-14-16-32-17-15-29/h2-13,18H,14-17,19H2,1H3/b12-2+. The van der Waals surface area contributed by atoms with E-state index in [9.17, 15) is 4.79 Å². The number of allylic oxidation sites excluding steroid dienone is 1. The Morgan fingerprint density at radius 3 is 2.45 bits per heavy atom. The van der Waals surface area contributed by atoms with Gasteiger partial charge in [-0.05, 0) is 72.3 Å². The Kier molecular flexibility index (Phi) is 7.66. The monoisotopic (exact) mass is 463 g/mol. The summed E-state index contributed by atoms with van der Waals surface area (Å²) in [6.07, 6.45) is 3.40. The Morgan fingerprint density at radius 2 is 1.76 bits per heavy atom. The van der Waals surface area contributed by atoms with Crippen LogP contribution in [-0.4, -0.2) is 39.2 Å². The van der Waals surface area contributed by atoms with Crippen LogP contribution in [0.5, 0.6) is 11.5 Å². The first-order valence-electron chi connectivity index (χ1n) is 10.8. The van der Waals surface area contributed by atoms with E-state index in [1.165, 1.54) is 0 Å². The number of carbonyl (C=O) groups is 1. The smallest absolute Gasteiger partial charge is 0.185 e. The summed E-state index contributed by atoms with van der Waals surface area (Å²) in [5, 5.41) is 0.660. The maximum atomic E-state index is 12.7. The van der Waals surface area contributed by atoms with Crippen molar-refractivity contribution in [2.75, 3.05) is 38.3 Å². The van der Waals surface area contributed by atoms with Gasteiger partial charge in [0.25, 0.3) is 0 Å². The number of halogens is 1. The molecule has 0 aromatic heterocycles. The summed E-state index contributed by atoms with van der Waals surface area (Å²) < 4.78 is 16.7. The summed E-state index contributed by atoms with van der Waals surface area (Å²) in [5.74, 6) is 1.41. The molecule has 0 bridgehead atoms. The lowest BCUT2D eigenvalue weighted by molar-refractivity contribution is 0.104. The zero-order valence-electron chi connectivity index (χ0n) is 18.5. The van der Waals surface area contributed by atoms with Crippen LogP contribution in [0, 0.1) is 0 Å². The van der Waals surface area contributed by atoms with E-state index in [2.05, 4.69) is 4.90 Å². The van der Waals surface area contributed by atoms with Crippen LogP contribution in [0.1, 0.15) is 21.5 Å². The number of benzene rings is 3. The molecule has 1 heterocycles. The van der Waals surface area contributed by atoms with Gasteiger partial charge in [0, 0.05) is 34.9 Å². The van der Waals surface area contributed by atoms with Gasteiger partial charge >= 0.3 is 0 Å². The third-order valence-corrected chi connectivity index (χ3v) is 5.72. The van der Waals surface area contributed by atoms with Crippen LogP contribution in [0.4, 0.5) is 5.69 Å². The van der Waals surface area contributed by atoms with Crippen molar-refractivity contribution in [2.24, 2.45) is 0 Å². The third-order valence-electron chi connectivity index (χ3n) is 5.47. The summed E-state index contributed by atoms with van der Waals surface area (Å²) in [6, 6.07) is 20.7. The van der Waals surface area contributed by atoms with Crippen LogP contribution in [0.15, 0.2) is 72.8 Å². The highest BCUT2D eigenvalue weighted by atomic mass is 35.5. The number of hydrogen-bond acceptors (Lipinski definition) is 5. The molecule has 0 saturated carbocycles. The number of methoxy groups -OCH3 is 1. The minimum absolute atomic E-state index is 0.0432. The van der Waals surface area contributed by atoms with E-state index in [0.717, 1.165) is 54.6 Å². The lowest BCUT2D eigenvalue weighted by Crippen LogP contribution is -2.36. The van der Waals surface area contributed by atoms with E-state index in [-0.39, 0.29) is 5.78 Å². The number of carbonyl (C=O) groups excluding carboxylic acids is 1. The van der Waals surface area contributed by atoms with Crippen LogP contribution in [-0.2, 0) is 11.3 Å². The summed E-state index contributed by atoms with van der Waals surface area (Å²) in [4.78, 5) is 14.9. The van der Waals surface area contributed by atoms with Crippen molar-refractivity contribution in [3.63, 3.8) is 0 Å². The van der Waals surface area contributed by atoms with Gasteiger partial charge in [-0.2, -0.15) is 0 Å². The first kappa shape index (κ1) is 22.9. The van der Waals surface area contributed by atoms with Crippen molar-refractivity contribution >= 4 is 29.1 Å². The summed E-state index contributed by atoms with van der Waals surface area (Å²) in [5.41, 5.74) is 3.54. The molecule has 1 fully saturated rings. The molecule has 0 N–H and O–H groups in total. The number of ketones is 1. The largest absolute Gasteiger partial charge is 0.496 e. The highest BCUT2D eigenvalue weighted by Crippen LogP contribution is 2.24. The minimum atomic E-state index is -0.0432. The molecule has 1 aliphatic rings. The molecule has 5 nitrogen and oxygen atoms in total. The third kappa shape index (κ3) is 6.15. The average Bonchev–Trinajstić information content (AvgIpc) is 2.87. The Hall–Kier alpha value is -3.28. The molecule has 6 heteroatoms. The van der Waals surface area contributed by atoms with Crippen LogP contribution < -0.4 is 14.4 Å². The van der Waals surface area contributed by atoms with E-state index in [1.54, 1.807) is 25.3 Å². The second kappa shape index (κ2) is 11.0. The summed E-state index contributed by atoms with van der Waals surface area (Å²) in [6.45, 7) is 3.54. The quantitative estimate of drug-likeness (QED) is 0.318. The van der Waals surface area contributed by atoms with Gasteiger partial charge in [0.05, 0.1) is 20.3 Å². The molecule has 1 saturated heterocycles. The number of ether oxygens (including phenoxy) is 3. The summed E-state index contributed by atoms with van der Waals surface area (Å²) in [7, 11) is 1.63. The fourth-order valence-corrected chi connectivity index (χ4v) is 3.76. The molecule has 0 spiro atoms. The molecule has 4 rings (SSSR count). The van der Waals surface area contributed by atoms with Gasteiger partial charge in [-0.25, -0.2) is 0 Å². The normalized spacial score (nSPS) is 13.8. The Labute approximate surface area is 199 Å². The van der Waals surface area contributed by atoms with Gasteiger partial charge in [-0.15, -0.1) is 0 Å². The molecule has 0 unspecified atom stereocenters. The number of nitrogens with zero attached hydrogens (tertiary/aromatic N) is 1. The maximum Gasteiger partial charge on any atom is 0.185 e. The predicted molar refractivity (Wildman–Crippen MR) is 132 cm³/mol. The predicted octanol–water partition coefficient (Wildman–Crippen LogP) is 5.66. The topological polar surface area (TPSA) is 48.0 Å². The van der Waals surface area contributed by atoms with E-state index >= 15 is 0 Å². The zero-order chi connectivity index (χ0) is 23.0. The summed E-state index contributed by atoms with van der Waals surface area (Å²) >= 11 is 5.93. The highest BCUT2D eigenvalue weighted by Gasteiger charge is 2.12. The molecule has 3 aromatic carbocycles. The second-order valence-corrected chi connectivity index (χ2v) is 8.09. The molecule has 0 atom stereocenters. The fourth-order valence-electron chi connectivity index (χ4n) is 3.63. The van der Waals surface area contributed by atoms with Crippen LogP contribution >= 0.6 is 11.6 Å². The van der Waals surface area contributed by atoms with Crippen molar-refractivity contribution in [2.45, 2.75) is 6.61 Å². The highest BCUT2D eigenvalue weighted by molar-refractivity contribution is 6.30. The fraction of sp³-hybridized carbons (Fsp3) is 0.222. The van der Waals surface area contributed by atoms with Crippen LogP contribution in [0.3, 0.4) is 0 Å². The average molecular weight is 464 g/mol. The number of morpholine rings is 1. The lowest BCUT2D eigenvalue weighted by atomic mass is 10.1. The number of hydrogen-bond donors (Lipinski definition) is 0. The molecule has 33 heavy (non-hydrogen) atoms. The van der Waals surface area contributed by atoms with Gasteiger partial charge < -0.3 is 19.1 Å². The Bertz CT molecular complexity index is 1100. The molecular weight excluding hydrogens is 438 g/mol. The molecular formula is C27H26ClNO4. The maximum absolute atomic E-state index is 12.7. The molecule has 1 aliphatic heterocycles. The SMILES string of the molecule is COc1ccc(/C=C/C(=O)c2ccc(N3CCOCC3)cc2)cc1COc1ccc(Cl)cc1. The first-order valence-corrected chi connectivity index (χ1v) is 11.2. The van der Waals surface area contributed by atoms with E-state index in [4.69, 9.17) is 25.8 Å². The van der Waals surface area contributed by atoms with E-state index in [1.807, 2.05) is 60.7 Å². The number of anilines is 1. The molecule has 0 amide bonds. The van der Waals surface area contributed by atoms with Crippen LogP contribution in [0.2, 0.25) is 5.02 Å². The molecule has 0 radical (unpaired) electrons. The lowest BCUT2D eigenvalue weighted by Gasteiger charge is -2.28. The van der Waals surface area contributed by atoms with Gasteiger partial charge in [-0.1, -0.05) is 23.7 Å². The van der Waals surface area contributed by atoms with Gasteiger partial charge in [0.2, 0.25) is 0 Å². The number of rotatable bonds is 8. The first-order chi connectivity index (χ1) is 16.1. The van der Waals surface area contributed by atoms with Crippen molar-refractivity contribution < 1.29 is 19.0 Å². The van der Waals surface area contributed by atoms with Crippen molar-refractivity contribution in [1.82, 2.24) is 0 Å². The molecule has 170 valence electrons.